The highest BCUT2D eigenvalue weighted by atomic mass is 16.5. The summed E-state index contributed by atoms with van der Waals surface area (Å²) in [6, 6.07) is 2.24. The van der Waals surface area contributed by atoms with Crippen LogP contribution in [0.3, 0.4) is 0 Å². The summed E-state index contributed by atoms with van der Waals surface area (Å²) in [6.07, 6.45) is 4.13. The van der Waals surface area contributed by atoms with E-state index in [-0.39, 0.29) is 5.54 Å². The van der Waals surface area contributed by atoms with Crippen LogP contribution in [0.1, 0.15) is 33.6 Å². The van der Waals surface area contributed by atoms with Crippen molar-refractivity contribution in [2.24, 2.45) is 0 Å². The van der Waals surface area contributed by atoms with Gasteiger partial charge in [-0.15, -0.1) is 0 Å². The molecule has 1 fully saturated rings. The molecule has 1 unspecified atom stereocenters. The number of nitrogens with zero attached hydrogens (tertiary/aromatic N) is 3. The third-order valence-electron chi connectivity index (χ3n) is 3.33. The summed E-state index contributed by atoms with van der Waals surface area (Å²) >= 11 is 0. The van der Waals surface area contributed by atoms with Crippen molar-refractivity contribution in [3.63, 3.8) is 0 Å². The van der Waals surface area contributed by atoms with E-state index in [0.29, 0.717) is 11.9 Å². The van der Waals surface area contributed by atoms with Gasteiger partial charge in [-0.05, 0) is 33.6 Å². The zero-order chi connectivity index (χ0) is 13.9. The largest absolute Gasteiger partial charge is 0.481 e. The minimum atomic E-state index is 0.142. The van der Waals surface area contributed by atoms with Crippen LogP contribution >= 0.6 is 0 Å². The Morgan fingerprint density at radius 1 is 1.47 bits per heavy atom. The minimum Gasteiger partial charge on any atom is -0.481 e. The molecule has 1 atom stereocenters. The Bertz CT molecular complexity index is 416. The highest BCUT2D eigenvalue weighted by Gasteiger charge is 2.27. The number of methoxy groups -OCH3 is 1. The van der Waals surface area contributed by atoms with Crippen LogP contribution in [-0.4, -0.2) is 41.7 Å². The van der Waals surface area contributed by atoms with Gasteiger partial charge in [0.2, 0.25) is 11.8 Å². The Labute approximate surface area is 115 Å². The van der Waals surface area contributed by atoms with E-state index in [1.165, 1.54) is 12.8 Å². The first-order valence-corrected chi connectivity index (χ1v) is 6.88. The Kier molecular flexibility index (Phi) is 4.24. The van der Waals surface area contributed by atoms with E-state index in [2.05, 4.69) is 41.0 Å². The molecule has 0 saturated carbocycles. The maximum atomic E-state index is 5.17. The Morgan fingerprint density at radius 2 is 2.26 bits per heavy atom. The first-order chi connectivity index (χ1) is 8.99. The summed E-state index contributed by atoms with van der Waals surface area (Å²) in [5.74, 6) is 1.40. The Balaban J connectivity index is 2.05. The third-order valence-corrected chi connectivity index (χ3v) is 3.33. The molecule has 1 saturated heterocycles. The van der Waals surface area contributed by atoms with Crippen molar-refractivity contribution in [3.8, 4) is 5.88 Å². The number of aromatic nitrogens is 2. The lowest BCUT2D eigenvalue weighted by Gasteiger charge is -2.29. The molecule has 5 heteroatoms. The van der Waals surface area contributed by atoms with E-state index in [1.54, 1.807) is 19.4 Å². The van der Waals surface area contributed by atoms with Crippen LogP contribution < -0.4 is 15.0 Å². The van der Waals surface area contributed by atoms with Gasteiger partial charge in [0.25, 0.3) is 0 Å². The first kappa shape index (κ1) is 14.1. The Hall–Kier alpha value is -1.36. The molecule has 106 valence electrons. The lowest BCUT2D eigenvalue weighted by Crippen LogP contribution is -2.45. The van der Waals surface area contributed by atoms with Gasteiger partial charge < -0.3 is 15.0 Å². The van der Waals surface area contributed by atoms with Gasteiger partial charge in [0, 0.05) is 36.9 Å². The number of hydrogen-bond acceptors (Lipinski definition) is 5. The molecule has 1 aromatic rings. The maximum absolute atomic E-state index is 5.17. The number of ether oxygens (including phenoxy) is 1. The van der Waals surface area contributed by atoms with Crippen LogP contribution in [0.2, 0.25) is 0 Å². The van der Waals surface area contributed by atoms with Gasteiger partial charge in [0.15, 0.2) is 0 Å². The second-order valence-corrected chi connectivity index (χ2v) is 6.02. The smallest absolute Gasteiger partial charge is 0.228 e. The summed E-state index contributed by atoms with van der Waals surface area (Å²) in [5.41, 5.74) is 0.142. The van der Waals surface area contributed by atoms with Crippen molar-refractivity contribution in [3.05, 3.63) is 12.3 Å². The van der Waals surface area contributed by atoms with Crippen LogP contribution in [0.4, 0.5) is 5.95 Å². The molecule has 1 aliphatic heterocycles. The molecule has 0 bridgehead atoms. The van der Waals surface area contributed by atoms with E-state index in [0.717, 1.165) is 19.0 Å². The van der Waals surface area contributed by atoms with Gasteiger partial charge in [-0.25, -0.2) is 4.98 Å². The topological polar surface area (TPSA) is 50.3 Å². The molecule has 0 radical (unpaired) electrons. The molecular weight excluding hydrogens is 240 g/mol. The van der Waals surface area contributed by atoms with Crippen molar-refractivity contribution in [2.75, 3.05) is 25.1 Å². The predicted molar refractivity (Wildman–Crippen MR) is 76.7 cm³/mol. The highest BCUT2D eigenvalue weighted by molar-refractivity contribution is 5.35. The van der Waals surface area contributed by atoms with E-state index >= 15 is 0 Å². The van der Waals surface area contributed by atoms with E-state index < -0.39 is 0 Å². The summed E-state index contributed by atoms with van der Waals surface area (Å²) < 4.78 is 5.17. The standard InChI is InChI=1S/C14H24N4O/c1-14(2,3)16-10-11-6-5-9-18(11)13-15-8-7-12(17-13)19-4/h7-8,11,16H,5-6,9-10H2,1-4H3. The van der Waals surface area contributed by atoms with Crippen molar-refractivity contribution in [2.45, 2.75) is 45.2 Å². The fourth-order valence-corrected chi connectivity index (χ4v) is 2.32. The third kappa shape index (κ3) is 3.80. The van der Waals surface area contributed by atoms with E-state index in [1.807, 2.05) is 0 Å². The van der Waals surface area contributed by atoms with Gasteiger partial charge in [0.05, 0.1) is 7.11 Å². The molecule has 1 aromatic heterocycles. The monoisotopic (exact) mass is 264 g/mol. The summed E-state index contributed by atoms with van der Waals surface area (Å²) in [4.78, 5) is 11.1. The first-order valence-electron chi connectivity index (χ1n) is 6.88. The van der Waals surface area contributed by atoms with E-state index in [9.17, 15) is 0 Å². The average molecular weight is 264 g/mol. The van der Waals surface area contributed by atoms with Gasteiger partial charge in [0.1, 0.15) is 0 Å². The fourth-order valence-electron chi connectivity index (χ4n) is 2.32. The van der Waals surface area contributed by atoms with E-state index in [4.69, 9.17) is 4.74 Å². The molecule has 5 nitrogen and oxygen atoms in total. The zero-order valence-electron chi connectivity index (χ0n) is 12.3. The maximum Gasteiger partial charge on any atom is 0.228 e. The van der Waals surface area contributed by atoms with Gasteiger partial charge in [-0.1, -0.05) is 0 Å². The SMILES string of the molecule is COc1ccnc(N2CCCC2CNC(C)(C)C)n1. The molecule has 0 amide bonds. The van der Waals surface area contributed by atoms with Crippen LogP contribution in [0, 0.1) is 0 Å². The van der Waals surface area contributed by atoms with Crippen molar-refractivity contribution >= 4 is 5.95 Å². The molecule has 2 rings (SSSR count). The highest BCUT2D eigenvalue weighted by Crippen LogP contribution is 2.23. The summed E-state index contributed by atoms with van der Waals surface area (Å²) in [6.45, 7) is 8.55. The molecule has 0 aliphatic carbocycles. The Morgan fingerprint density at radius 3 is 2.95 bits per heavy atom. The van der Waals surface area contributed by atoms with Gasteiger partial charge in [-0.2, -0.15) is 4.98 Å². The lowest BCUT2D eigenvalue weighted by atomic mass is 10.1. The number of anilines is 1. The van der Waals surface area contributed by atoms with Crippen LogP contribution in [0.5, 0.6) is 5.88 Å². The molecule has 0 spiro atoms. The average Bonchev–Trinajstić information content (AvgIpc) is 2.84. The molecule has 1 N–H and O–H groups in total. The predicted octanol–water partition coefficient (Wildman–Crippen LogP) is 1.84. The normalized spacial score (nSPS) is 19.8. The second kappa shape index (κ2) is 5.74. The lowest BCUT2D eigenvalue weighted by molar-refractivity contribution is 0.393. The number of rotatable bonds is 4. The molecule has 19 heavy (non-hydrogen) atoms. The fraction of sp³-hybridized carbons (Fsp3) is 0.714. The van der Waals surface area contributed by atoms with Crippen LogP contribution in [-0.2, 0) is 0 Å². The van der Waals surface area contributed by atoms with Crippen molar-refractivity contribution in [1.29, 1.82) is 0 Å². The minimum absolute atomic E-state index is 0.142. The zero-order valence-corrected chi connectivity index (χ0v) is 12.3. The summed E-state index contributed by atoms with van der Waals surface area (Å²) in [7, 11) is 1.63. The quantitative estimate of drug-likeness (QED) is 0.899. The molecule has 2 heterocycles. The number of nitrogens with one attached hydrogen (secondary N) is 1. The van der Waals surface area contributed by atoms with Crippen molar-refractivity contribution < 1.29 is 4.74 Å². The second-order valence-electron chi connectivity index (χ2n) is 6.02. The molecular formula is C14H24N4O. The molecule has 0 aromatic carbocycles. The molecule has 1 aliphatic rings. The van der Waals surface area contributed by atoms with Gasteiger partial charge >= 0.3 is 0 Å². The van der Waals surface area contributed by atoms with Gasteiger partial charge in [-0.3, -0.25) is 0 Å². The summed E-state index contributed by atoms with van der Waals surface area (Å²) in [5, 5.41) is 3.56. The van der Waals surface area contributed by atoms with Crippen LogP contribution in [0.15, 0.2) is 12.3 Å². The number of hydrogen-bond donors (Lipinski definition) is 1. The van der Waals surface area contributed by atoms with Crippen LogP contribution in [0.25, 0.3) is 0 Å². The van der Waals surface area contributed by atoms with Crippen molar-refractivity contribution in [1.82, 2.24) is 15.3 Å².